The van der Waals surface area contributed by atoms with Crippen LogP contribution in [0.15, 0.2) is 4.99 Å². The predicted molar refractivity (Wildman–Crippen MR) is 61.2 cm³/mol. The summed E-state index contributed by atoms with van der Waals surface area (Å²) in [4.78, 5) is 3.88. The summed E-state index contributed by atoms with van der Waals surface area (Å²) in [6.07, 6.45) is 0.979. The lowest BCUT2D eigenvalue weighted by molar-refractivity contribution is -0.918. The minimum Gasteiger partial charge on any atom is -0.312 e. The second kappa shape index (κ2) is 7.64. The van der Waals surface area contributed by atoms with Crippen LogP contribution in [0.1, 0.15) is 20.3 Å². The average Bonchev–Trinajstić information content (AvgIpc) is 2.23. The quantitative estimate of drug-likeness (QED) is 0.212. The first-order chi connectivity index (χ1) is 6.74. The van der Waals surface area contributed by atoms with Gasteiger partial charge in [0, 0.05) is 6.42 Å². The van der Waals surface area contributed by atoms with Crippen molar-refractivity contribution in [2.45, 2.75) is 20.3 Å². The van der Waals surface area contributed by atoms with Crippen molar-refractivity contribution < 1.29 is 4.48 Å². The highest BCUT2D eigenvalue weighted by Crippen LogP contribution is 2.06. The Morgan fingerprint density at radius 3 is 2.43 bits per heavy atom. The van der Waals surface area contributed by atoms with E-state index in [1.165, 1.54) is 0 Å². The van der Waals surface area contributed by atoms with E-state index in [0.717, 1.165) is 37.1 Å². The van der Waals surface area contributed by atoms with Crippen molar-refractivity contribution in [2.24, 2.45) is 4.99 Å². The SMILES string of the molecule is CC[N+](CC)(CC#N)CCCN=C=S. The Morgan fingerprint density at radius 2 is 2.00 bits per heavy atom. The van der Waals surface area contributed by atoms with Crippen LogP contribution in [0.3, 0.4) is 0 Å². The van der Waals surface area contributed by atoms with Crippen molar-refractivity contribution in [3.8, 4) is 6.07 Å². The number of aliphatic imine (C=N–C) groups is 1. The zero-order chi connectivity index (χ0) is 10.9. The van der Waals surface area contributed by atoms with Crippen molar-refractivity contribution >= 4 is 17.4 Å². The molecule has 0 aromatic rings. The summed E-state index contributed by atoms with van der Waals surface area (Å²) in [5.74, 6) is 0. The molecule has 0 aliphatic rings. The molecule has 78 valence electrons. The Morgan fingerprint density at radius 1 is 1.36 bits per heavy atom. The molecule has 0 bridgehead atoms. The normalized spacial score (nSPS) is 10.4. The van der Waals surface area contributed by atoms with E-state index in [4.69, 9.17) is 5.26 Å². The zero-order valence-corrected chi connectivity index (χ0v) is 9.81. The minimum absolute atomic E-state index is 0.592. The second-order valence-corrected chi connectivity index (χ2v) is 3.52. The van der Waals surface area contributed by atoms with Gasteiger partial charge in [0.05, 0.1) is 31.3 Å². The Labute approximate surface area is 91.6 Å². The van der Waals surface area contributed by atoms with Crippen LogP contribution in [0.4, 0.5) is 0 Å². The lowest BCUT2D eigenvalue weighted by Crippen LogP contribution is -2.48. The van der Waals surface area contributed by atoms with Gasteiger partial charge in [-0.3, -0.25) is 0 Å². The third-order valence-electron chi connectivity index (χ3n) is 2.71. The molecule has 0 aromatic heterocycles. The summed E-state index contributed by atoms with van der Waals surface area (Å²) >= 11 is 4.49. The molecule has 0 spiro atoms. The smallest absolute Gasteiger partial charge is 0.166 e. The van der Waals surface area contributed by atoms with Crippen LogP contribution in [-0.4, -0.2) is 42.4 Å². The highest BCUT2D eigenvalue weighted by molar-refractivity contribution is 7.78. The first-order valence-corrected chi connectivity index (χ1v) is 5.41. The fourth-order valence-corrected chi connectivity index (χ4v) is 1.61. The minimum atomic E-state index is 0.592. The molecule has 0 saturated carbocycles. The number of thiocarbonyl (C=S) groups is 1. The number of quaternary nitrogens is 1. The van der Waals surface area contributed by atoms with Gasteiger partial charge in [-0.1, -0.05) is 0 Å². The number of isothiocyanates is 1. The Balaban J connectivity index is 4.08. The highest BCUT2D eigenvalue weighted by Gasteiger charge is 2.21. The van der Waals surface area contributed by atoms with Crippen LogP contribution in [0.5, 0.6) is 0 Å². The number of nitrogens with zero attached hydrogens (tertiary/aromatic N) is 3. The van der Waals surface area contributed by atoms with Crippen molar-refractivity contribution in [3.05, 3.63) is 0 Å². The second-order valence-electron chi connectivity index (χ2n) is 3.34. The van der Waals surface area contributed by atoms with E-state index in [1.54, 1.807) is 0 Å². The van der Waals surface area contributed by atoms with Gasteiger partial charge in [-0.25, -0.2) is 4.99 Å². The lowest BCUT2D eigenvalue weighted by atomic mass is 10.3. The average molecular weight is 212 g/mol. The largest absolute Gasteiger partial charge is 0.312 e. The Kier molecular flexibility index (Phi) is 7.23. The fraction of sp³-hybridized carbons (Fsp3) is 0.800. The molecule has 0 aliphatic heterocycles. The number of hydrogen-bond donors (Lipinski definition) is 0. The Hall–Kier alpha value is -0.750. The first kappa shape index (κ1) is 13.2. The van der Waals surface area contributed by atoms with Crippen molar-refractivity contribution in [1.29, 1.82) is 5.26 Å². The van der Waals surface area contributed by atoms with Gasteiger partial charge in [0.15, 0.2) is 6.54 Å². The van der Waals surface area contributed by atoms with Crippen molar-refractivity contribution in [3.63, 3.8) is 0 Å². The monoisotopic (exact) mass is 212 g/mol. The van der Waals surface area contributed by atoms with Gasteiger partial charge in [0.1, 0.15) is 6.07 Å². The lowest BCUT2D eigenvalue weighted by Gasteiger charge is -2.34. The van der Waals surface area contributed by atoms with Gasteiger partial charge in [-0.05, 0) is 26.1 Å². The van der Waals surface area contributed by atoms with Crippen molar-refractivity contribution in [1.82, 2.24) is 0 Å². The van der Waals surface area contributed by atoms with Gasteiger partial charge in [-0.2, -0.15) is 5.26 Å². The summed E-state index contributed by atoms with van der Waals surface area (Å²) in [5.41, 5.74) is 0. The maximum Gasteiger partial charge on any atom is 0.166 e. The standard InChI is InChI=1S/C10H18N3S/c1-3-13(4-2,9-6-11)8-5-7-12-10-14/h3-5,7-9H2,1-2H3/q+1. The molecule has 0 fully saturated rings. The summed E-state index contributed by atoms with van der Waals surface area (Å²) in [7, 11) is 0. The molecule has 0 amide bonds. The highest BCUT2D eigenvalue weighted by atomic mass is 32.1. The maximum atomic E-state index is 8.75. The van der Waals surface area contributed by atoms with Crippen LogP contribution in [0, 0.1) is 11.3 Å². The van der Waals surface area contributed by atoms with E-state index in [0.29, 0.717) is 6.54 Å². The fourth-order valence-electron chi connectivity index (χ4n) is 1.52. The van der Waals surface area contributed by atoms with E-state index in [2.05, 4.69) is 42.3 Å². The van der Waals surface area contributed by atoms with E-state index >= 15 is 0 Å². The first-order valence-electron chi connectivity index (χ1n) is 5.00. The molecule has 0 heterocycles. The zero-order valence-electron chi connectivity index (χ0n) is 8.99. The molecular formula is C10H18N3S+. The molecule has 0 aliphatic carbocycles. The third-order valence-corrected chi connectivity index (χ3v) is 2.84. The van der Waals surface area contributed by atoms with E-state index in [1.807, 2.05) is 0 Å². The Bertz CT molecular complexity index is 234. The maximum absolute atomic E-state index is 8.75. The molecule has 0 N–H and O–H groups in total. The van der Waals surface area contributed by atoms with Crippen molar-refractivity contribution in [2.75, 3.05) is 32.7 Å². The van der Waals surface area contributed by atoms with Gasteiger partial charge < -0.3 is 4.48 Å². The molecular weight excluding hydrogens is 194 g/mol. The molecule has 0 aromatic carbocycles. The molecule has 0 radical (unpaired) electrons. The topological polar surface area (TPSA) is 36.1 Å². The number of nitriles is 1. The van der Waals surface area contributed by atoms with Crippen LogP contribution in [0.2, 0.25) is 0 Å². The summed E-state index contributed by atoms with van der Waals surface area (Å²) in [6, 6.07) is 2.26. The predicted octanol–water partition coefficient (Wildman–Crippen LogP) is 1.86. The molecule has 4 heteroatoms. The van der Waals surface area contributed by atoms with Crippen LogP contribution < -0.4 is 0 Å². The van der Waals surface area contributed by atoms with Crippen LogP contribution in [-0.2, 0) is 0 Å². The third kappa shape index (κ3) is 4.48. The van der Waals surface area contributed by atoms with Gasteiger partial charge >= 0.3 is 0 Å². The van der Waals surface area contributed by atoms with E-state index < -0.39 is 0 Å². The molecule has 0 unspecified atom stereocenters. The molecule has 0 saturated heterocycles. The van der Waals surface area contributed by atoms with Gasteiger partial charge in [0.25, 0.3) is 0 Å². The summed E-state index contributed by atoms with van der Waals surface area (Å²) in [5, 5.41) is 11.1. The van der Waals surface area contributed by atoms with Gasteiger partial charge in [-0.15, -0.1) is 0 Å². The molecule has 0 rings (SSSR count). The van der Waals surface area contributed by atoms with Crippen LogP contribution in [0.25, 0.3) is 0 Å². The summed E-state index contributed by atoms with van der Waals surface area (Å²) in [6.45, 7) is 8.59. The molecule has 14 heavy (non-hydrogen) atoms. The summed E-state index contributed by atoms with van der Waals surface area (Å²) < 4.78 is 0.865. The van der Waals surface area contributed by atoms with E-state index in [-0.39, 0.29) is 0 Å². The van der Waals surface area contributed by atoms with Crippen LogP contribution >= 0.6 is 12.2 Å². The molecule has 3 nitrogen and oxygen atoms in total. The van der Waals surface area contributed by atoms with Gasteiger partial charge in [0.2, 0.25) is 0 Å². The van der Waals surface area contributed by atoms with E-state index in [9.17, 15) is 0 Å². The number of hydrogen-bond acceptors (Lipinski definition) is 3. The number of rotatable bonds is 7. The molecule has 0 atom stereocenters.